The summed E-state index contributed by atoms with van der Waals surface area (Å²) in [6.07, 6.45) is 4.20. The van der Waals surface area contributed by atoms with E-state index in [0.717, 1.165) is 12.1 Å². The lowest BCUT2D eigenvalue weighted by molar-refractivity contribution is 0.165. The monoisotopic (exact) mass is 266 g/mol. The summed E-state index contributed by atoms with van der Waals surface area (Å²) in [6, 6.07) is 1.79. The lowest BCUT2D eigenvalue weighted by Gasteiger charge is -2.30. The van der Waals surface area contributed by atoms with E-state index in [2.05, 4.69) is 33.7 Å². The zero-order chi connectivity index (χ0) is 13.2. The van der Waals surface area contributed by atoms with Crippen LogP contribution in [-0.4, -0.2) is 98.1 Å². The van der Waals surface area contributed by atoms with E-state index in [0.29, 0.717) is 0 Å². The Bertz CT molecular complexity index is 288. The summed E-state index contributed by atoms with van der Waals surface area (Å²) in [5.41, 5.74) is 0. The Balaban J connectivity index is 0.000000117. The third-order valence-electron chi connectivity index (χ3n) is 5.59. The zero-order valence-corrected chi connectivity index (χ0v) is 12.7. The Labute approximate surface area is 118 Å². The average molecular weight is 266 g/mol. The summed E-state index contributed by atoms with van der Waals surface area (Å²) < 4.78 is 0. The minimum Gasteiger partial charge on any atom is -0.302 e. The van der Waals surface area contributed by atoms with Gasteiger partial charge in [-0.05, 0) is 53.0 Å². The standard InChI is InChI=1S/C8H16N2.C7H14N2/c1-9-6-7-10-4-2-8(9)3-5-10;1-8-4-5-9-3-2-7(8)6-9/h8H,2-7H2,1H3;7H,2-6H2,1H3. The van der Waals surface area contributed by atoms with Gasteiger partial charge >= 0.3 is 0 Å². The van der Waals surface area contributed by atoms with Crippen LogP contribution in [0.1, 0.15) is 19.3 Å². The van der Waals surface area contributed by atoms with Gasteiger partial charge in [0.2, 0.25) is 0 Å². The molecule has 2 atom stereocenters. The summed E-state index contributed by atoms with van der Waals surface area (Å²) in [5, 5.41) is 0. The van der Waals surface area contributed by atoms with Crippen LogP contribution < -0.4 is 0 Å². The van der Waals surface area contributed by atoms with Crippen LogP contribution >= 0.6 is 0 Å². The predicted molar refractivity (Wildman–Crippen MR) is 79.6 cm³/mol. The van der Waals surface area contributed by atoms with E-state index in [4.69, 9.17) is 0 Å². The smallest absolute Gasteiger partial charge is 0.0232 e. The van der Waals surface area contributed by atoms with Crippen LogP contribution in [-0.2, 0) is 0 Å². The normalized spacial score (nSPS) is 42.6. The Morgan fingerprint density at radius 3 is 1.79 bits per heavy atom. The van der Waals surface area contributed by atoms with Gasteiger partial charge in [-0.1, -0.05) is 0 Å². The molecule has 5 aliphatic rings. The molecular weight excluding hydrogens is 236 g/mol. The van der Waals surface area contributed by atoms with Crippen LogP contribution in [0, 0.1) is 0 Å². The summed E-state index contributed by atoms with van der Waals surface area (Å²) in [7, 11) is 4.51. The maximum Gasteiger partial charge on any atom is 0.0232 e. The first-order valence-corrected chi connectivity index (χ1v) is 8.07. The van der Waals surface area contributed by atoms with Gasteiger partial charge < -0.3 is 19.6 Å². The first kappa shape index (κ1) is 13.8. The lowest BCUT2D eigenvalue weighted by Crippen LogP contribution is -2.44. The number of hydrogen-bond donors (Lipinski definition) is 0. The van der Waals surface area contributed by atoms with E-state index in [1.54, 1.807) is 0 Å². The Kier molecular flexibility index (Phi) is 4.42. The molecule has 5 aliphatic heterocycles. The molecule has 4 heteroatoms. The number of nitrogens with zero attached hydrogens (tertiary/aromatic N) is 4. The van der Waals surface area contributed by atoms with Gasteiger partial charge in [0.15, 0.2) is 0 Å². The van der Waals surface area contributed by atoms with Crippen LogP contribution in [0.4, 0.5) is 0 Å². The molecule has 5 fully saturated rings. The van der Waals surface area contributed by atoms with Gasteiger partial charge in [0.05, 0.1) is 0 Å². The fourth-order valence-electron chi connectivity index (χ4n) is 3.92. The molecule has 0 saturated carbocycles. The third kappa shape index (κ3) is 3.30. The van der Waals surface area contributed by atoms with E-state index in [-0.39, 0.29) is 0 Å². The van der Waals surface area contributed by atoms with Gasteiger partial charge in [-0.25, -0.2) is 0 Å². The predicted octanol–water partition coefficient (Wildman–Crippen LogP) is 0.402. The number of fused-ring (bicyclic) bond motifs is 6. The van der Waals surface area contributed by atoms with Crippen molar-refractivity contribution in [2.24, 2.45) is 0 Å². The van der Waals surface area contributed by atoms with Crippen molar-refractivity contribution < 1.29 is 0 Å². The molecule has 5 rings (SSSR count). The summed E-state index contributed by atoms with van der Waals surface area (Å²) in [4.78, 5) is 10.2. The second-order valence-electron chi connectivity index (χ2n) is 6.78. The highest BCUT2D eigenvalue weighted by Gasteiger charge is 2.29. The average Bonchev–Trinajstić information content (AvgIpc) is 2.67. The zero-order valence-electron chi connectivity index (χ0n) is 12.7. The van der Waals surface area contributed by atoms with Crippen LogP contribution in [0.2, 0.25) is 0 Å². The molecule has 110 valence electrons. The fourth-order valence-corrected chi connectivity index (χ4v) is 3.92. The van der Waals surface area contributed by atoms with E-state index >= 15 is 0 Å². The SMILES string of the molecule is CN1CCN2CCC1C2.CN1CCN2CCC1CC2. The van der Waals surface area contributed by atoms with E-state index < -0.39 is 0 Å². The van der Waals surface area contributed by atoms with Crippen molar-refractivity contribution in [1.29, 1.82) is 0 Å². The van der Waals surface area contributed by atoms with Crippen molar-refractivity contribution in [2.75, 3.05) is 66.5 Å². The van der Waals surface area contributed by atoms with Crippen molar-refractivity contribution in [3.8, 4) is 0 Å². The third-order valence-corrected chi connectivity index (χ3v) is 5.59. The molecule has 0 aromatic carbocycles. The van der Waals surface area contributed by atoms with Crippen molar-refractivity contribution in [3.05, 3.63) is 0 Å². The van der Waals surface area contributed by atoms with Crippen LogP contribution in [0.25, 0.3) is 0 Å². The highest BCUT2D eigenvalue weighted by atomic mass is 15.3. The molecule has 5 heterocycles. The second-order valence-corrected chi connectivity index (χ2v) is 6.78. The van der Waals surface area contributed by atoms with Crippen LogP contribution in [0.15, 0.2) is 0 Å². The maximum absolute atomic E-state index is 2.58. The van der Waals surface area contributed by atoms with Crippen molar-refractivity contribution >= 4 is 0 Å². The quantitative estimate of drug-likeness (QED) is 0.629. The molecule has 0 amide bonds. The van der Waals surface area contributed by atoms with E-state index in [1.165, 1.54) is 71.6 Å². The van der Waals surface area contributed by atoms with Gasteiger partial charge in [-0.15, -0.1) is 0 Å². The molecule has 0 radical (unpaired) electrons. The van der Waals surface area contributed by atoms with Crippen molar-refractivity contribution in [2.45, 2.75) is 31.3 Å². The molecule has 19 heavy (non-hydrogen) atoms. The molecular formula is C15H30N4. The minimum absolute atomic E-state index is 0.888. The molecule has 4 bridgehead atoms. The number of rotatable bonds is 0. The molecule has 0 spiro atoms. The van der Waals surface area contributed by atoms with Gasteiger partial charge in [0.25, 0.3) is 0 Å². The largest absolute Gasteiger partial charge is 0.302 e. The number of piperidine rings is 1. The first-order chi connectivity index (χ1) is 9.22. The summed E-state index contributed by atoms with van der Waals surface area (Å²) in [6.45, 7) is 10.5. The highest BCUT2D eigenvalue weighted by Crippen LogP contribution is 2.19. The molecule has 5 saturated heterocycles. The topological polar surface area (TPSA) is 13.0 Å². The number of piperazine rings is 1. The van der Waals surface area contributed by atoms with Crippen molar-refractivity contribution in [1.82, 2.24) is 19.6 Å². The van der Waals surface area contributed by atoms with E-state index in [9.17, 15) is 0 Å². The Hall–Kier alpha value is -0.160. The maximum atomic E-state index is 2.58. The minimum atomic E-state index is 0.888. The van der Waals surface area contributed by atoms with Crippen molar-refractivity contribution in [3.63, 3.8) is 0 Å². The molecule has 0 aliphatic carbocycles. The van der Waals surface area contributed by atoms with Gasteiger partial charge in [0.1, 0.15) is 0 Å². The Morgan fingerprint density at radius 1 is 0.579 bits per heavy atom. The first-order valence-electron chi connectivity index (χ1n) is 8.07. The summed E-state index contributed by atoms with van der Waals surface area (Å²) in [5.74, 6) is 0. The highest BCUT2D eigenvalue weighted by molar-refractivity contribution is 4.86. The summed E-state index contributed by atoms with van der Waals surface area (Å²) >= 11 is 0. The molecule has 0 N–H and O–H groups in total. The molecule has 2 unspecified atom stereocenters. The molecule has 4 nitrogen and oxygen atoms in total. The second kappa shape index (κ2) is 6.08. The van der Waals surface area contributed by atoms with Gasteiger partial charge in [-0.2, -0.15) is 0 Å². The Morgan fingerprint density at radius 2 is 1.11 bits per heavy atom. The molecule has 0 aromatic heterocycles. The number of hydrogen-bond acceptors (Lipinski definition) is 4. The fraction of sp³-hybridized carbons (Fsp3) is 1.00. The van der Waals surface area contributed by atoms with E-state index in [1.807, 2.05) is 0 Å². The van der Waals surface area contributed by atoms with Crippen LogP contribution in [0.5, 0.6) is 0 Å². The number of likely N-dealkylation sites (N-methyl/N-ethyl adjacent to an activating group) is 2. The van der Waals surface area contributed by atoms with Gasteiger partial charge in [0, 0.05) is 44.8 Å². The molecule has 0 aromatic rings. The van der Waals surface area contributed by atoms with Crippen LogP contribution in [0.3, 0.4) is 0 Å². The lowest BCUT2D eigenvalue weighted by atomic mass is 10.1. The van der Waals surface area contributed by atoms with Gasteiger partial charge in [-0.3, -0.25) is 0 Å².